The Labute approximate surface area is 199 Å². The molecule has 0 spiro atoms. The van der Waals surface area contributed by atoms with Gasteiger partial charge in [0.2, 0.25) is 11.8 Å². The smallest absolute Gasteiger partial charge is 0.243 e. The molecule has 0 radical (unpaired) electrons. The second-order valence-corrected chi connectivity index (χ2v) is 8.20. The molecule has 2 heterocycles. The third-order valence-electron chi connectivity index (χ3n) is 5.86. The van der Waals surface area contributed by atoms with Crippen LogP contribution in [-0.2, 0) is 20.9 Å². The standard InChI is InChI=1S/C25H30N4O5/c1-32-22-9-5-19(15-23(22)33-2)21-8-10-25(31)29(27-21)16-18-3-6-20(7-4-18)26-24(30)17-28-11-13-34-14-12-28/h3-7,9,15H,8,10-14,16-17H2,1-2H3,(H,26,30). The molecule has 0 bridgehead atoms. The molecule has 1 saturated heterocycles. The minimum absolute atomic E-state index is 0.0212. The van der Waals surface area contributed by atoms with E-state index in [9.17, 15) is 9.59 Å². The summed E-state index contributed by atoms with van der Waals surface area (Å²) >= 11 is 0. The minimum Gasteiger partial charge on any atom is -0.493 e. The fourth-order valence-corrected chi connectivity index (χ4v) is 3.98. The Balaban J connectivity index is 1.39. The lowest BCUT2D eigenvalue weighted by Gasteiger charge is -2.25. The molecule has 4 rings (SSSR count). The summed E-state index contributed by atoms with van der Waals surface area (Å²) in [6.07, 6.45) is 0.960. The largest absolute Gasteiger partial charge is 0.493 e. The number of hydrogen-bond donors (Lipinski definition) is 1. The predicted molar refractivity (Wildman–Crippen MR) is 128 cm³/mol. The molecule has 0 unspecified atom stereocenters. The highest BCUT2D eigenvalue weighted by Gasteiger charge is 2.22. The van der Waals surface area contributed by atoms with Gasteiger partial charge in [-0.2, -0.15) is 5.10 Å². The topological polar surface area (TPSA) is 92.7 Å². The van der Waals surface area contributed by atoms with Crippen molar-refractivity contribution < 1.29 is 23.8 Å². The molecule has 2 aliphatic rings. The SMILES string of the molecule is COc1ccc(C2=NN(Cc3ccc(NC(=O)CN4CCOCC4)cc3)C(=O)CC2)cc1OC. The van der Waals surface area contributed by atoms with Gasteiger partial charge in [0, 0.05) is 37.2 Å². The molecule has 180 valence electrons. The number of carbonyl (C=O) groups excluding carboxylic acids is 2. The number of ether oxygens (including phenoxy) is 3. The molecule has 0 aliphatic carbocycles. The average molecular weight is 467 g/mol. The molecular formula is C25H30N4O5. The summed E-state index contributed by atoms with van der Waals surface area (Å²) in [5.41, 5.74) is 3.37. The van der Waals surface area contributed by atoms with Crippen LogP contribution in [0.5, 0.6) is 11.5 Å². The van der Waals surface area contributed by atoms with Gasteiger partial charge in [-0.3, -0.25) is 14.5 Å². The Morgan fingerprint density at radius 2 is 1.76 bits per heavy atom. The molecular weight excluding hydrogens is 436 g/mol. The van der Waals surface area contributed by atoms with E-state index in [0.717, 1.165) is 35.6 Å². The maximum absolute atomic E-state index is 12.5. The maximum atomic E-state index is 12.5. The van der Waals surface area contributed by atoms with Crippen molar-refractivity contribution in [3.63, 3.8) is 0 Å². The zero-order valence-corrected chi connectivity index (χ0v) is 19.6. The van der Waals surface area contributed by atoms with Crippen LogP contribution in [-0.4, -0.2) is 74.5 Å². The van der Waals surface area contributed by atoms with Crippen molar-refractivity contribution >= 4 is 23.2 Å². The van der Waals surface area contributed by atoms with Crippen LogP contribution in [0.3, 0.4) is 0 Å². The fraction of sp³-hybridized carbons (Fsp3) is 0.400. The lowest BCUT2D eigenvalue weighted by Crippen LogP contribution is -2.41. The minimum atomic E-state index is -0.0509. The highest BCUT2D eigenvalue weighted by atomic mass is 16.5. The van der Waals surface area contributed by atoms with Crippen molar-refractivity contribution in [2.45, 2.75) is 19.4 Å². The number of benzene rings is 2. The summed E-state index contributed by atoms with van der Waals surface area (Å²) in [6.45, 7) is 3.56. The average Bonchev–Trinajstić information content (AvgIpc) is 2.86. The first-order chi connectivity index (χ1) is 16.6. The number of nitrogens with zero attached hydrogens (tertiary/aromatic N) is 3. The maximum Gasteiger partial charge on any atom is 0.243 e. The first-order valence-electron chi connectivity index (χ1n) is 11.3. The van der Waals surface area contributed by atoms with E-state index in [4.69, 9.17) is 14.2 Å². The molecule has 2 aromatic carbocycles. The van der Waals surface area contributed by atoms with Gasteiger partial charge in [0.15, 0.2) is 11.5 Å². The van der Waals surface area contributed by atoms with Crippen LogP contribution in [0.1, 0.15) is 24.0 Å². The zero-order valence-electron chi connectivity index (χ0n) is 19.6. The van der Waals surface area contributed by atoms with Crippen LogP contribution in [0.4, 0.5) is 5.69 Å². The third kappa shape index (κ3) is 5.92. The van der Waals surface area contributed by atoms with E-state index in [0.29, 0.717) is 50.6 Å². The van der Waals surface area contributed by atoms with Gasteiger partial charge in [0.1, 0.15) is 0 Å². The van der Waals surface area contributed by atoms with Crippen LogP contribution in [0.15, 0.2) is 47.6 Å². The van der Waals surface area contributed by atoms with E-state index in [2.05, 4.69) is 15.3 Å². The van der Waals surface area contributed by atoms with E-state index in [1.54, 1.807) is 14.2 Å². The van der Waals surface area contributed by atoms with Crippen molar-refractivity contribution in [2.24, 2.45) is 5.10 Å². The lowest BCUT2D eigenvalue weighted by molar-refractivity contribution is -0.132. The summed E-state index contributed by atoms with van der Waals surface area (Å²) in [5, 5.41) is 9.04. The van der Waals surface area contributed by atoms with Gasteiger partial charge in [-0.05, 0) is 35.9 Å². The van der Waals surface area contributed by atoms with Gasteiger partial charge in [-0.25, -0.2) is 5.01 Å². The number of morpholine rings is 1. The highest BCUT2D eigenvalue weighted by Crippen LogP contribution is 2.29. The molecule has 0 atom stereocenters. The first-order valence-corrected chi connectivity index (χ1v) is 11.3. The Morgan fingerprint density at radius 3 is 2.47 bits per heavy atom. The summed E-state index contributed by atoms with van der Waals surface area (Å²) in [5.74, 6) is 1.20. The van der Waals surface area contributed by atoms with E-state index in [1.165, 1.54) is 5.01 Å². The van der Waals surface area contributed by atoms with E-state index < -0.39 is 0 Å². The lowest BCUT2D eigenvalue weighted by atomic mass is 10.0. The molecule has 9 heteroatoms. The molecule has 9 nitrogen and oxygen atoms in total. The third-order valence-corrected chi connectivity index (χ3v) is 5.86. The molecule has 2 aliphatic heterocycles. The second-order valence-electron chi connectivity index (χ2n) is 8.20. The zero-order chi connectivity index (χ0) is 23.9. The van der Waals surface area contributed by atoms with Gasteiger partial charge in [0.25, 0.3) is 0 Å². The van der Waals surface area contributed by atoms with Crippen molar-refractivity contribution in [3.8, 4) is 11.5 Å². The van der Waals surface area contributed by atoms with Crippen molar-refractivity contribution in [1.82, 2.24) is 9.91 Å². The number of rotatable bonds is 8. The number of nitrogens with one attached hydrogen (secondary N) is 1. The fourth-order valence-electron chi connectivity index (χ4n) is 3.98. The number of amides is 2. The monoisotopic (exact) mass is 466 g/mol. The number of hydrogen-bond acceptors (Lipinski definition) is 7. The normalized spacial score (nSPS) is 16.7. The highest BCUT2D eigenvalue weighted by molar-refractivity contribution is 6.04. The van der Waals surface area contributed by atoms with Gasteiger partial charge in [-0.1, -0.05) is 12.1 Å². The van der Waals surface area contributed by atoms with Crippen LogP contribution in [0, 0.1) is 0 Å². The Morgan fingerprint density at radius 1 is 1.03 bits per heavy atom. The van der Waals surface area contributed by atoms with E-state index in [1.807, 2.05) is 42.5 Å². The molecule has 1 fully saturated rings. The Kier molecular flexibility index (Phi) is 7.76. The van der Waals surface area contributed by atoms with E-state index in [-0.39, 0.29) is 11.8 Å². The summed E-state index contributed by atoms with van der Waals surface area (Å²) in [6, 6.07) is 13.1. The number of hydrazone groups is 1. The molecule has 1 N–H and O–H groups in total. The van der Waals surface area contributed by atoms with E-state index >= 15 is 0 Å². The van der Waals surface area contributed by atoms with Gasteiger partial charge in [-0.15, -0.1) is 0 Å². The van der Waals surface area contributed by atoms with Crippen molar-refractivity contribution in [2.75, 3.05) is 52.4 Å². The Bertz CT molecular complexity index is 1050. The molecule has 2 amide bonds. The second kappa shape index (κ2) is 11.1. The first kappa shape index (κ1) is 23.7. The van der Waals surface area contributed by atoms with Crippen LogP contribution < -0.4 is 14.8 Å². The number of carbonyl (C=O) groups is 2. The molecule has 0 aromatic heterocycles. The van der Waals surface area contributed by atoms with Crippen molar-refractivity contribution in [1.29, 1.82) is 0 Å². The molecule has 0 saturated carbocycles. The molecule has 34 heavy (non-hydrogen) atoms. The van der Waals surface area contributed by atoms with Crippen LogP contribution >= 0.6 is 0 Å². The van der Waals surface area contributed by atoms with Crippen molar-refractivity contribution in [3.05, 3.63) is 53.6 Å². The summed E-state index contributed by atoms with van der Waals surface area (Å²) in [7, 11) is 3.19. The van der Waals surface area contributed by atoms with Crippen LogP contribution in [0.25, 0.3) is 0 Å². The Hall–Kier alpha value is -3.43. The number of anilines is 1. The van der Waals surface area contributed by atoms with Crippen LogP contribution in [0.2, 0.25) is 0 Å². The number of methoxy groups -OCH3 is 2. The van der Waals surface area contributed by atoms with Gasteiger partial charge >= 0.3 is 0 Å². The van der Waals surface area contributed by atoms with Gasteiger partial charge < -0.3 is 19.5 Å². The quantitative estimate of drug-likeness (QED) is 0.643. The molecule has 2 aromatic rings. The summed E-state index contributed by atoms with van der Waals surface area (Å²) in [4.78, 5) is 26.9. The predicted octanol–water partition coefficient (Wildman–Crippen LogP) is 2.50. The summed E-state index contributed by atoms with van der Waals surface area (Å²) < 4.78 is 16.0. The van der Waals surface area contributed by atoms with Gasteiger partial charge in [0.05, 0.1) is 46.2 Å².